The Hall–Kier alpha value is -1.26. The monoisotopic (exact) mass is 279 g/mol. The molecule has 0 aliphatic heterocycles. The molecule has 4 heteroatoms. The summed E-state index contributed by atoms with van der Waals surface area (Å²) in [4.78, 5) is 0. The Balaban J connectivity index is 1.82. The SMILES string of the molecule is CNC1(CO)CCCC1CCOc1ccc(OC)cc1. The van der Waals surface area contributed by atoms with E-state index in [4.69, 9.17) is 9.47 Å². The van der Waals surface area contributed by atoms with Gasteiger partial charge in [0.05, 0.1) is 20.3 Å². The minimum atomic E-state index is -0.108. The van der Waals surface area contributed by atoms with Gasteiger partial charge in [0.15, 0.2) is 0 Å². The van der Waals surface area contributed by atoms with Gasteiger partial charge in [-0.3, -0.25) is 0 Å². The van der Waals surface area contributed by atoms with Gasteiger partial charge in [-0.1, -0.05) is 6.42 Å². The molecule has 2 atom stereocenters. The predicted molar refractivity (Wildman–Crippen MR) is 79.3 cm³/mol. The normalized spacial score (nSPS) is 25.6. The van der Waals surface area contributed by atoms with E-state index in [0.29, 0.717) is 12.5 Å². The maximum atomic E-state index is 9.64. The van der Waals surface area contributed by atoms with E-state index in [-0.39, 0.29) is 12.1 Å². The summed E-state index contributed by atoms with van der Waals surface area (Å²) in [5.74, 6) is 2.18. The number of likely N-dealkylation sites (N-methyl/N-ethyl adjacent to an activating group) is 1. The first-order chi connectivity index (χ1) is 9.74. The van der Waals surface area contributed by atoms with Crippen molar-refractivity contribution in [3.63, 3.8) is 0 Å². The molecule has 0 amide bonds. The van der Waals surface area contributed by atoms with Gasteiger partial charge in [0.2, 0.25) is 0 Å². The van der Waals surface area contributed by atoms with Gasteiger partial charge in [-0.15, -0.1) is 0 Å². The number of hydrogen-bond acceptors (Lipinski definition) is 4. The van der Waals surface area contributed by atoms with Crippen LogP contribution < -0.4 is 14.8 Å². The van der Waals surface area contributed by atoms with Crippen LogP contribution in [0.5, 0.6) is 11.5 Å². The van der Waals surface area contributed by atoms with Crippen molar-refractivity contribution in [1.82, 2.24) is 5.32 Å². The molecule has 0 spiro atoms. The molecule has 4 nitrogen and oxygen atoms in total. The fraction of sp³-hybridized carbons (Fsp3) is 0.625. The number of aliphatic hydroxyl groups excluding tert-OH is 1. The maximum Gasteiger partial charge on any atom is 0.119 e. The van der Waals surface area contributed by atoms with Crippen LogP contribution in [-0.4, -0.2) is 38.0 Å². The van der Waals surface area contributed by atoms with Gasteiger partial charge in [0, 0.05) is 5.54 Å². The average molecular weight is 279 g/mol. The van der Waals surface area contributed by atoms with Crippen molar-refractivity contribution in [1.29, 1.82) is 0 Å². The zero-order chi connectivity index (χ0) is 14.4. The molecule has 0 aromatic heterocycles. The Morgan fingerprint density at radius 1 is 1.30 bits per heavy atom. The van der Waals surface area contributed by atoms with Gasteiger partial charge in [-0.2, -0.15) is 0 Å². The van der Waals surface area contributed by atoms with Crippen molar-refractivity contribution in [2.45, 2.75) is 31.2 Å². The summed E-state index contributed by atoms with van der Waals surface area (Å²) >= 11 is 0. The molecule has 2 rings (SSSR count). The van der Waals surface area contributed by atoms with Gasteiger partial charge in [-0.25, -0.2) is 0 Å². The van der Waals surface area contributed by atoms with E-state index >= 15 is 0 Å². The van der Waals surface area contributed by atoms with Gasteiger partial charge in [0.1, 0.15) is 11.5 Å². The highest BCUT2D eigenvalue weighted by atomic mass is 16.5. The number of benzene rings is 1. The molecule has 1 aliphatic carbocycles. The second-order valence-corrected chi connectivity index (χ2v) is 5.47. The van der Waals surface area contributed by atoms with Gasteiger partial charge >= 0.3 is 0 Å². The van der Waals surface area contributed by atoms with E-state index in [9.17, 15) is 5.11 Å². The average Bonchev–Trinajstić information content (AvgIpc) is 2.91. The lowest BCUT2D eigenvalue weighted by Gasteiger charge is -2.33. The molecular formula is C16H25NO3. The highest BCUT2D eigenvalue weighted by Crippen LogP contribution is 2.37. The molecule has 0 saturated heterocycles. The Kier molecular flexibility index (Phi) is 5.26. The molecular weight excluding hydrogens is 254 g/mol. The highest BCUT2D eigenvalue weighted by molar-refractivity contribution is 5.31. The van der Waals surface area contributed by atoms with E-state index in [2.05, 4.69) is 5.32 Å². The lowest BCUT2D eigenvalue weighted by Crippen LogP contribution is -2.49. The summed E-state index contributed by atoms with van der Waals surface area (Å²) in [5.41, 5.74) is -0.108. The molecule has 1 fully saturated rings. The molecule has 1 aliphatic rings. The molecule has 0 bridgehead atoms. The first kappa shape index (κ1) is 15.1. The van der Waals surface area contributed by atoms with Gasteiger partial charge in [0.25, 0.3) is 0 Å². The largest absolute Gasteiger partial charge is 0.497 e. The first-order valence-electron chi connectivity index (χ1n) is 7.31. The molecule has 20 heavy (non-hydrogen) atoms. The Morgan fingerprint density at radius 3 is 2.60 bits per heavy atom. The van der Waals surface area contributed by atoms with Crippen LogP contribution in [0.4, 0.5) is 0 Å². The van der Waals surface area contributed by atoms with Crippen molar-refractivity contribution in [2.75, 3.05) is 27.4 Å². The number of methoxy groups -OCH3 is 1. The van der Waals surface area contributed by atoms with Crippen LogP contribution in [0.15, 0.2) is 24.3 Å². The van der Waals surface area contributed by atoms with Crippen molar-refractivity contribution in [3.05, 3.63) is 24.3 Å². The van der Waals surface area contributed by atoms with Crippen molar-refractivity contribution in [2.24, 2.45) is 5.92 Å². The highest BCUT2D eigenvalue weighted by Gasteiger charge is 2.40. The summed E-state index contributed by atoms with van der Waals surface area (Å²) in [6, 6.07) is 7.64. The van der Waals surface area contributed by atoms with E-state index in [0.717, 1.165) is 30.8 Å². The van der Waals surface area contributed by atoms with Crippen LogP contribution >= 0.6 is 0 Å². The Morgan fingerprint density at radius 2 is 2.00 bits per heavy atom. The fourth-order valence-corrected chi connectivity index (χ4v) is 3.17. The summed E-state index contributed by atoms with van der Waals surface area (Å²) < 4.78 is 10.9. The standard InChI is InChI=1S/C16H25NO3/c1-17-16(12-18)10-3-4-13(16)9-11-20-15-7-5-14(19-2)6-8-15/h5-8,13,17-18H,3-4,9-12H2,1-2H3. The van der Waals surface area contributed by atoms with Crippen LogP contribution in [0.1, 0.15) is 25.7 Å². The van der Waals surface area contributed by atoms with Crippen molar-refractivity contribution in [3.8, 4) is 11.5 Å². The van der Waals surface area contributed by atoms with E-state index in [1.807, 2.05) is 31.3 Å². The van der Waals surface area contributed by atoms with Crippen LogP contribution in [-0.2, 0) is 0 Å². The smallest absolute Gasteiger partial charge is 0.119 e. The minimum absolute atomic E-state index is 0.108. The third-order valence-electron chi connectivity index (χ3n) is 4.53. The number of hydrogen-bond donors (Lipinski definition) is 2. The molecule has 1 saturated carbocycles. The zero-order valence-corrected chi connectivity index (χ0v) is 12.4. The molecule has 2 N–H and O–H groups in total. The first-order valence-corrected chi connectivity index (χ1v) is 7.31. The van der Waals surface area contributed by atoms with Gasteiger partial charge in [-0.05, 0) is 56.5 Å². The predicted octanol–water partition coefficient (Wildman–Crippen LogP) is 2.21. The number of nitrogens with one attached hydrogen (secondary N) is 1. The molecule has 112 valence electrons. The second-order valence-electron chi connectivity index (χ2n) is 5.47. The Bertz CT molecular complexity index is 401. The Labute approximate surface area is 121 Å². The summed E-state index contributed by atoms with van der Waals surface area (Å²) in [6.07, 6.45) is 4.35. The number of ether oxygens (including phenoxy) is 2. The van der Waals surface area contributed by atoms with Crippen LogP contribution in [0, 0.1) is 5.92 Å². The fourth-order valence-electron chi connectivity index (χ4n) is 3.17. The maximum absolute atomic E-state index is 9.64. The quantitative estimate of drug-likeness (QED) is 0.803. The third-order valence-corrected chi connectivity index (χ3v) is 4.53. The number of rotatable bonds is 7. The van der Waals surface area contributed by atoms with E-state index < -0.39 is 0 Å². The van der Waals surface area contributed by atoms with Crippen LogP contribution in [0.2, 0.25) is 0 Å². The zero-order valence-electron chi connectivity index (χ0n) is 12.4. The van der Waals surface area contributed by atoms with Crippen LogP contribution in [0.3, 0.4) is 0 Å². The van der Waals surface area contributed by atoms with E-state index in [1.54, 1.807) is 7.11 Å². The van der Waals surface area contributed by atoms with Gasteiger partial charge < -0.3 is 19.9 Å². The summed E-state index contributed by atoms with van der Waals surface area (Å²) in [5, 5.41) is 13.0. The molecule has 0 heterocycles. The van der Waals surface area contributed by atoms with Crippen molar-refractivity contribution < 1.29 is 14.6 Å². The second kappa shape index (κ2) is 6.95. The number of aliphatic hydroxyl groups is 1. The topological polar surface area (TPSA) is 50.7 Å². The lowest BCUT2D eigenvalue weighted by atomic mass is 9.86. The molecule has 1 aromatic carbocycles. The van der Waals surface area contributed by atoms with E-state index in [1.165, 1.54) is 6.42 Å². The molecule has 2 unspecified atom stereocenters. The molecule has 1 aromatic rings. The molecule has 0 radical (unpaired) electrons. The third kappa shape index (κ3) is 3.25. The minimum Gasteiger partial charge on any atom is -0.497 e. The van der Waals surface area contributed by atoms with Crippen molar-refractivity contribution >= 4 is 0 Å². The summed E-state index contributed by atoms with van der Waals surface area (Å²) in [6.45, 7) is 0.886. The van der Waals surface area contributed by atoms with Crippen LogP contribution in [0.25, 0.3) is 0 Å². The lowest BCUT2D eigenvalue weighted by molar-refractivity contribution is 0.117. The summed E-state index contributed by atoms with van der Waals surface area (Å²) in [7, 11) is 3.60.